The average molecular weight is 157 g/mol. The predicted octanol–water partition coefficient (Wildman–Crippen LogP) is 0.642. The standard InChI is InChI=1S/C8H15NO2/c1-8(2)6(10)5-7(11-8)9(3)4/h7H,5H2,1-4H3. The summed E-state index contributed by atoms with van der Waals surface area (Å²) in [6.07, 6.45) is 0.484. The van der Waals surface area contributed by atoms with Crippen LogP contribution in [0.4, 0.5) is 0 Å². The van der Waals surface area contributed by atoms with Crippen molar-refractivity contribution in [2.24, 2.45) is 0 Å². The van der Waals surface area contributed by atoms with Crippen LogP contribution in [0, 0.1) is 0 Å². The number of ketones is 1. The summed E-state index contributed by atoms with van der Waals surface area (Å²) in [6.45, 7) is 3.64. The molecule has 1 aliphatic rings. The fourth-order valence-corrected chi connectivity index (χ4v) is 1.14. The van der Waals surface area contributed by atoms with Crippen molar-refractivity contribution in [3.63, 3.8) is 0 Å². The Morgan fingerprint density at radius 3 is 2.27 bits per heavy atom. The largest absolute Gasteiger partial charge is 0.349 e. The monoisotopic (exact) mass is 157 g/mol. The minimum atomic E-state index is -0.574. The molecule has 11 heavy (non-hydrogen) atoms. The normalized spacial score (nSPS) is 29.9. The molecule has 0 radical (unpaired) electrons. The van der Waals surface area contributed by atoms with E-state index in [0.717, 1.165) is 0 Å². The third-order valence-corrected chi connectivity index (χ3v) is 2.04. The van der Waals surface area contributed by atoms with Gasteiger partial charge in [-0.15, -0.1) is 0 Å². The van der Waals surface area contributed by atoms with Crippen molar-refractivity contribution in [2.75, 3.05) is 14.1 Å². The summed E-state index contributed by atoms with van der Waals surface area (Å²) in [7, 11) is 3.83. The Morgan fingerprint density at radius 1 is 1.55 bits per heavy atom. The second kappa shape index (κ2) is 2.57. The topological polar surface area (TPSA) is 29.5 Å². The molecule has 1 heterocycles. The molecule has 3 heteroatoms. The molecule has 0 aliphatic carbocycles. The molecule has 0 aromatic rings. The zero-order valence-corrected chi connectivity index (χ0v) is 7.55. The maximum absolute atomic E-state index is 11.3. The second-order valence-corrected chi connectivity index (χ2v) is 3.67. The summed E-state index contributed by atoms with van der Waals surface area (Å²) >= 11 is 0. The van der Waals surface area contributed by atoms with Gasteiger partial charge in [0.1, 0.15) is 11.8 Å². The number of nitrogens with zero attached hydrogens (tertiary/aromatic N) is 1. The van der Waals surface area contributed by atoms with Gasteiger partial charge in [-0.1, -0.05) is 0 Å². The molecule has 1 saturated heterocycles. The van der Waals surface area contributed by atoms with Crippen LogP contribution in [0.5, 0.6) is 0 Å². The van der Waals surface area contributed by atoms with Crippen LogP contribution in [-0.4, -0.2) is 36.6 Å². The SMILES string of the molecule is CN(C)C1CC(=O)C(C)(C)O1. The molecule has 1 atom stereocenters. The highest BCUT2D eigenvalue weighted by Gasteiger charge is 2.40. The van der Waals surface area contributed by atoms with Crippen molar-refractivity contribution >= 4 is 5.78 Å². The molecule has 0 N–H and O–H groups in total. The van der Waals surface area contributed by atoms with Crippen LogP contribution in [0.3, 0.4) is 0 Å². The van der Waals surface area contributed by atoms with E-state index in [4.69, 9.17) is 4.74 Å². The van der Waals surface area contributed by atoms with Gasteiger partial charge in [-0.05, 0) is 27.9 Å². The zero-order valence-electron chi connectivity index (χ0n) is 7.55. The maximum atomic E-state index is 11.3. The summed E-state index contributed by atoms with van der Waals surface area (Å²) in [4.78, 5) is 13.2. The first kappa shape index (κ1) is 8.68. The fraction of sp³-hybridized carbons (Fsp3) is 0.875. The van der Waals surface area contributed by atoms with Crippen molar-refractivity contribution in [1.29, 1.82) is 0 Å². The minimum Gasteiger partial charge on any atom is -0.349 e. The fourth-order valence-electron chi connectivity index (χ4n) is 1.14. The lowest BCUT2D eigenvalue weighted by Gasteiger charge is -2.21. The molecule has 0 bridgehead atoms. The Bertz CT molecular complexity index is 175. The van der Waals surface area contributed by atoms with Crippen LogP contribution >= 0.6 is 0 Å². The summed E-state index contributed by atoms with van der Waals surface area (Å²) < 4.78 is 5.50. The van der Waals surface area contributed by atoms with E-state index in [0.29, 0.717) is 6.42 Å². The first-order valence-corrected chi connectivity index (χ1v) is 3.81. The van der Waals surface area contributed by atoms with Crippen LogP contribution < -0.4 is 0 Å². The highest BCUT2D eigenvalue weighted by molar-refractivity contribution is 5.88. The van der Waals surface area contributed by atoms with Crippen molar-refractivity contribution in [3.05, 3.63) is 0 Å². The lowest BCUT2D eigenvalue weighted by molar-refractivity contribution is -0.132. The Kier molecular flexibility index (Phi) is 2.03. The number of hydrogen-bond donors (Lipinski definition) is 0. The number of rotatable bonds is 1. The average Bonchev–Trinajstić information content (AvgIpc) is 2.08. The third kappa shape index (κ3) is 1.60. The van der Waals surface area contributed by atoms with Crippen molar-refractivity contribution < 1.29 is 9.53 Å². The van der Waals surface area contributed by atoms with E-state index in [1.54, 1.807) is 0 Å². The van der Waals surface area contributed by atoms with Gasteiger partial charge >= 0.3 is 0 Å². The van der Waals surface area contributed by atoms with Crippen LogP contribution in [0.2, 0.25) is 0 Å². The Hall–Kier alpha value is -0.410. The Labute approximate surface area is 67.3 Å². The summed E-state index contributed by atoms with van der Waals surface area (Å²) in [5.74, 6) is 0.191. The van der Waals surface area contributed by atoms with Gasteiger partial charge in [-0.2, -0.15) is 0 Å². The van der Waals surface area contributed by atoms with Crippen molar-refractivity contribution in [3.8, 4) is 0 Å². The molecule has 0 aromatic carbocycles. The van der Waals surface area contributed by atoms with Crippen molar-refractivity contribution in [1.82, 2.24) is 4.90 Å². The predicted molar refractivity (Wildman–Crippen MR) is 42.3 cm³/mol. The summed E-state index contributed by atoms with van der Waals surface area (Å²) in [6, 6.07) is 0. The van der Waals surface area contributed by atoms with E-state index in [1.807, 2.05) is 32.8 Å². The molecule has 0 amide bonds. The first-order valence-electron chi connectivity index (χ1n) is 3.81. The summed E-state index contributed by atoms with van der Waals surface area (Å²) in [5.41, 5.74) is -0.574. The van der Waals surface area contributed by atoms with Crippen molar-refractivity contribution in [2.45, 2.75) is 32.1 Å². The molecule has 3 nitrogen and oxygen atoms in total. The highest BCUT2D eigenvalue weighted by Crippen LogP contribution is 2.26. The smallest absolute Gasteiger partial charge is 0.168 e. The van der Waals surface area contributed by atoms with Gasteiger partial charge < -0.3 is 4.74 Å². The molecule has 1 fully saturated rings. The number of hydrogen-bond acceptors (Lipinski definition) is 3. The number of Topliss-reactive ketones (excluding diaryl/α,β-unsaturated/α-hetero) is 1. The second-order valence-electron chi connectivity index (χ2n) is 3.67. The number of ether oxygens (including phenoxy) is 1. The maximum Gasteiger partial charge on any atom is 0.168 e. The van der Waals surface area contributed by atoms with Gasteiger partial charge in [-0.25, -0.2) is 0 Å². The molecular weight excluding hydrogens is 142 g/mol. The molecule has 1 rings (SSSR count). The molecule has 0 aromatic heterocycles. The molecule has 64 valence electrons. The number of carbonyl (C=O) groups excluding carboxylic acids is 1. The molecule has 1 unspecified atom stereocenters. The van der Waals surface area contributed by atoms with E-state index in [1.165, 1.54) is 0 Å². The zero-order chi connectivity index (χ0) is 8.65. The number of carbonyl (C=O) groups is 1. The van der Waals surface area contributed by atoms with E-state index < -0.39 is 5.60 Å². The summed E-state index contributed by atoms with van der Waals surface area (Å²) in [5, 5.41) is 0. The lowest BCUT2D eigenvalue weighted by Crippen LogP contribution is -2.31. The van der Waals surface area contributed by atoms with Gasteiger partial charge in [0.2, 0.25) is 0 Å². The Morgan fingerprint density at radius 2 is 2.09 bits per heavy atom. The highest BCUT2D eigenvalue weighted by atomic mass is 16.5. The Balaban J connectivity index is 2.65. The van der Waals surface area contributed by atoms with Crippen LogP contribution in [0.15, 0.2) is 0 Å². The van der Waals surface area contributed by atoms with Crippen LogP contribution in [0.25, 0.3) is 0 Å². The van der Waals surface area contributed by atoms with E-state index in [-0.39, 0.29) is 12.0 Å². The van der Waals surface area contributed by atoms with E-state index in [9.17, 15) is 4.79 Å². The van der Waals surface area contributed by atoms with Gasteiger partial charge in [-0.3, -0.25) is 9.69 Å². The molecule has 0 saturated carbocycles. The van der Waals surface area contributed by atoms with Gasteiger partial charge in [0.05, 0.1) is 0 Å². The molecule has 0 spiro atoms. The quantitative estimate of drug-likeness (QED) is 0.559. The van der Waals surface area contributed by atoms with E-state index in [2.05, 4.69) is 0 Å². The molecule has 1 aliphatic heterocycles. The molecular formula is C8H15NO2. The van der Waals surface area contributed by atoms with Gasteiger partial charge in [0, 0.05) is 6.42 Å². The first-order chi connectivity index (χ1) is 4.93. The van der Waals surface area contributed by atoms with Gasteiger partial charge in [0.25, 0.3) is 0 Å². The van der Waals surface area contributed by atoms with Gasteiger partial charge in [0.15, 0.2) is 5.78 Å². The van der Waals surface area contributed by atoms with Crippen LogP contribution in [-0.2, 0) is 9.53 Å². The van der Waals surface area contributed by atoms with E-state index >= 15 is 0 Å². The minimum absolute atomic E-state index is 0.0301. The third-order valence-electron chi connectivity index (χ3n) is 2.04. The van der Waals surface area contributed by atoms with Crippen LogP contribution in [0.1, 0.15) is 20.3 Å². The lowest BCUT2D eigenvalue weighted by atomic mass is 10.0.